The Morgan fingerprint density at radius 1 is 1.17 bits per heavy atom. The minimum atomic E-state index is -0.694. The lowest BCUT2D eigenvalue weighted by Gasteiger charge is -2.23. The van der Waals surface area contributed by atoms with Crippen LogP contribution in [0.2, 0.25) is 0 Å². The number of rotatable bonds is 8. The summed E-state index contributed by atoms with van der Waals surface area (Å²) >= 11 is 0. The number of ether oxygens (including phenoxy) is 1. The molecule has 2 aromatic carbocycles. The van der Waals surface area contributed by atoms with Crippen LogP contribution in [0.25, 0.3) is 0 Å². The third-order valence-electron chi connectivity index (χ3n) is 4.43. The number of aryl methyl sites for hydroxylation is 1. The molecule has 0 aromatic heterocycles. The number of anilines is 2. The van der Waals surface area contributed by atoms with E-state index < -0.39 is 16.9 Å². The van der Waals surface area contributed by atoms with E-state index in [4.69, 9.17) is 4.74 Å². The summed E-state index contributed by atoms with van der Waals surface area (Å²) in [5.74, 6) is -0.428. The molecule has 1 unspecified atom stereocenters. The van der Waals surface area contributed by atoms with Crippen LogP contribution in [0.5, 0.6) is 5.75 Å². The summed E-state index contributed by atoms with van der Waals surface area (Å²) in [5.41, 5.74) is 1.54. The lowest BCUT2D eigenvalue weighted by Crippen LogP contribution is -2.43. The Morgan fingerprint density at radius 2 is 1.83 bits per heavy atom. The molecule has 0 radical (unpaired) electrons. The molecular formula is C20H24N4O5. The molecule has 0 saturated carbocycles. The zero-order valence-corrected chi connectivity index (χ0v) is 16.8. The van der Waals surface area contributed by atoms with Crippen molar-refractivity contribution in [2.75, 3.05) is 31.3 Å². The molecule has 2 aromatic rings. The van der Waals surface area contributed by atoms with E-state index in [2.05, 4.69) is 10.6 Å². The minimum absolute atomic E-state index is 0.0207. The van der Waals surface area contributed by atoms with Gasteiger partial charge in [0.05, 0.1) is 30.7 Å². The van der Waals surface area contributed by atoms with Crippen molar-refractivity contribution in [3.05, 3.63) is 58.1 Å². The lowest BCUT2D eigenvalue weighted by molar-refractivity contribution is -0.384. The Morgan fingerprint density at radius 3 is 2.41 bits per heavy atom. The van der Waals surface area contributed by atoms with E-state index in [-0.39, 0.29) is 23.8 Å². The highest BCUT2D eigenvalue weighted by molar-refractivity contribution is 5.97. The van der Waals surface area contributed by atoms with Crippen LogP contribution in [-0.4, -0.2) is 48.4 Å². The second-order valence-corrected chi connectivity index (χ2v) is 6.63. The summed E-state index contributed by atoms with van der Waals surface area (Å²) in [4.78, 5) is 36.9. The van der Waals surface area contributed by atoms with E-state index in [1.54, 1.807) is 31.0 Å². The van der Waals surface area contributed by atoms with Crippen molar-refractivity contribution in [1.29, 1.82) is 0 Å². The number of amides is 2. The molecule has 9 heteroatoms. The first kappa shape index (κ1) is 21.8. The largest absolute Gasteiger partial charge is 0.496 e. The van der Waals surface area contributed by atoms with Gasteiger partial charge in [0.25, 0.3) is 5.69 Å². The van der Waals surface area contributed by atoms with E-state index in [0.717, 1.165) is 5.56 Å². The first-order chi connectivity index (χ1) is 13.7. The Kier molecular flexibility index (Phi) is 7.27. The van der Waals surface area contributed by atoms with E-state index in [1.165, 1.54) is 25.3 Å². The molecule has 29 heavy (non-hydrogen) atoms. The maximum Gasteiger partial charge on any atom is 0.296 e. The number of nitrogens with one attached hydrogen (secondary N) is 2. The van der Waals surface area contributed by atoms with Gasteiger partial charge < -0.3 is 15.4 Å². The number of nitro groups is 1. The first-order valence-electron chi connectivity index (χ1n) is 8.91. The zero-order valence-electron chi connectivity index (χ0n) is 16.8. The maximum absolute atomic E-state index is 12.5. The molecule has 154 valence electrons. The average molecular weight is 400 g/mol. The highest BCUT2D eigenvalue weighted by Gasteiger charge is 2.23. The fraction of sp³-hybridized carbons (Fsp3) is 0.300. The quantitative estimate of drug-likeness (QED) is 0.520. The Labute approximate surface area is 168 Å². The van der Waals surface area contributed by atoms with E-state index in [1.807, 2.05) is 19.1 Å². The van der Waals surface area contributed by atoms with Crippen LogP contribution in [0.3, 0.4) is 0 Å². The standard InChI is InChI=1S/C20H24N4O5/c1-13-5-7-15(8-6-13)21-19(25)12-23(3)14(2)20(26)22-17-10-9-16(29-4)11-18(17)24(27)28/h5-11,14H,12H2,1-4H3,(H,21,25)(H,22,26). The molecule has 0 fully saturated rings. The van der Waals surface area contributed by atoms with Gasteiger partial charge in [-0.15, -0.1) is 0 Å². The van der Waals surface area contributed by atoms with Crippen molar-refractivity contribution in [3.8, 4) is 5.75 Å². The molecule has 0 bridgehead atoms. The molecule has 2 amide bonds. The summed E-state index contributed by atoms with van der Waals surface area (Å²) in [7, 11) is 3.03. The number of nitrogens with zero attached hydrogens (tertiary/aromatic N) is 2. The average Bonchev–Trinajstić information content (AvgIpc) is 2.69. The highest BCUT2D eigenvalue weighted by Crippen LogP contribution is 2.29. The van der Waals surface area contributed by atoms with Gasteiger partial charge in [-0.3, -0.25) is 24.6 Å². The van der Waals surface area contributed by atoms with E-state index in [0.29, 0.717) is 11.4 Å². The van der Waals surface area contributed by atoms with Gasteiger partial charge >= 0.3 is 0 Å². The Bertz CT molecular complexity index is 898. The highest BCUT2D eigenvalue weighted by atomic mass is 16.6. The minimum Gasteiger partial charge on any atom is -0.496 e. The van der Waals surface area contributed by atoms with Gasteiger partial charge in [-0.2, -0.15) is 0 Å². The number of methoxy groups -OCH3 is 1. The summed E-state index contributed by atoms with van der Waals surface area (Å²) in [6.45, 7) is 3.55. The normalized spacial score (nSPS) is 11.6. The Balaban J connectivity index is 1.99. The number of nitro benzene ring substituents is 1. The Hall–Kier alpha value is -3.46. The molecule has 0 aliphatic rings. The summed E-state index contributed by atoms with van der Waals surface area (Å²) < 4.78 is 4.98. The van der Waals surface area contributed by atoms with Crippen molar-refractivity contribution in [2.24, 2.45) is 0 Å². The van der Waals surface area contributed by atoms with Crippen LogP contribution in [0.15, 0.2) is 42.5 Å². The number of carbonyl (C=O) groups excluding carboxylic acids is 2. The van der Waals surface area contributed by atoms with Crippen LogP contribution >= 0.6 is 0 Å². The van der Waals surface area contributed by atoms with Crippen LogP contribution in [0.1, 0.15) is 12.5 Å². The maximum atomic E-state index is 12.5. The fourth-order valence-electron chi connectivity index (χ4n) is 2.53. The van der Waals surface area contributed by atoms with Crippen molar-refractivity contribution >= 4 is 28.9 Å². The van der Waals surface area contributed by atoms with Crippen molar-refractivity contribution in [3.63, 3.8) is 0 Å². The smallest absolute Gasteiger partial charge is 0.296 e. The van der Waals surface area contributed by atoms with E-state index >= 15 is 0 Å². The molecule has 0 aliphatic carbocycles. The molecule has 2 N–H and O–H groups in total. The number of benzene rings is 2. The molecule has 0 aliphatic heterocycles. The summed E-state index contributed by atoms with van der Waals surface area (Å²) in [6.07, 6.45) is 0. The van der Waals surface area contributed by atoms with Gasteiger partial charge in [-0.1, -0.05) is 17.7 Å². The van der Waals surface area contributed by atoms with Gasteiger partial charge in [-0.25, -0.2) is 0 Å². The van der Waals surface area contributed by atoms with Crippen molar-refractivity contribution in [2.45, 2.75) is 19.9 Å². The van der Waals surface area contributed by atoms with Gasteiger partial charge in [0.1, 0.15) is 11.4 Å². The molecule has 1 atom stereocenters. The molecule has 2 rings (SSSR count). The topological polar surface area (TPSA) is 114 Å². The monoisotopic (exact) mass is 400 g/mol. The number of likely N-dealkylation sites (N-methyl/N-ethyl adjacent to an activating group) is 1. The summed E-state index contributed by atoms with van der Waals surface area (Å²) in [6, 6.07) is 10.8. The predicted molar refractivity (Wildman–Crippen MR) is 110 cm³/mol. The summed E-state index contributed by atoms with van der Waals surface area (Å²) in [5, 5.41) is 16.6. The second kappa shape index (κ2) is 9.65. The van der Waals surface area contributed by atoms with Crippen molar-refractivity contribution < 1.29 is 19.2 Å². The van der Waals surface area contributed by atoms with Crippen molar-refractivity contribution in [1.82, 2.24) is 4.90 Å². The molecule has 0 heterocycles. The lowest BCUT2D eigenvalue weighted by atomic mass is 10.2. The van der Waals surface area contributed by atoms with Crippen LogP contribution in [-0.2, 0) is 9.59 Å². The van der Waals surface area contributed by atoms with Crippen LogP contribution < -0.4 is 15.4 Å². The second-order valence-electron chi connectivity index (χ2n) is 6.63. The molecular weight excluding hydrogens is 376 g/mol. The zero-order chi connectivity index (χ0) is 21.6. The molecule has 0 saturated heterocycles. The van der Waals surface area contributed by atoms with Gasteiger partial charge in [-0.05, 0) is 45.2 Å². The van der Waals surface area contributed by atoms with Gasteiger partial charge in [0.15, 0.2) is 0 Å². The number of hydrogen-bond donors (Lipinski definition) is 2. The molecule has 9 nitrogen and oxygen atoms in total. The predicted octanol–water partition coefficient (Wildman–Crippen LogP) is 2.81. The third kappa shape index (κ3) is 6.01. The number of carbonyl (C=O) groups is 2. The number of hydrogen-bond acceptors (Lipinski definition) is 6. The first-order valence-corrected chi connectivity index (χ1v) is 8.91. The van der Waals surface area contributed by atoms with Gasteiger partial charge in [0, 0.05) is 5.69 Å². The van der Waals surface area contributed by atoms with Crippen LogP contribution in [0, 0.1) is 17.0 Å². The van der Waals surface area contributed by atoms with Crippen LogP contribution in [0.4, 0.5) is 17.1 Å². The SMILES string of the molecule is COc1ccc(NC(=O)C(C)N(C)CC(=O)Nc2ccc(C)cc2)c([N+](=O)[O-])c1. The van der Waals surface area contributed by atoms with Gasteiger partial charge in [0.2, 0.25) is 11.8 Å². The van der Waals surface area contributed by atoms with E-state index in [9.17, 15) is 19.7 Å². The third-order valence-corrected chi connectivity index (χ3v) is 4.43. The fourth-order valence-corrected chi connectivity index (χ4v) is 2.53. The molecule has 0 spiro atoms.